The van der Waals surface area contributed by atoms with Gasteiger partial charge in [0.2, 0.25) is 5.91 Å². The largest absolute Gasteiger partial charge is 0.359 e. The maximum atomic E-state index is 15.0. The van der Waals surface area contributed by atoms with Crippen LogP contribution in [0, 0.1) is 35.4 Å². The van der Waals surface area contributed by atoms with E-state index in [1.54, 1.807) is 7.05 Å². The number of alkyl halides is 2. The summed E-state index contributed by atoms with van der Waals surface area (Å²) >= 11 is 0. The number of Topliss-reactive ketones (excluding diaryl/α,β-unsaturated/α-hetero) is 1. The molecule has 0 aromatic heterocycles. The summed E-state index contributed by atoms with van der Waals surface area (Å²) in [5.74, 6) is -0.350. The Morgan fingerprint density at radius 3 is 2.36 bits per heavy atom. The number of halogens is 3. The molecule has 1 aromatic rings. The maximum absolute atomic E-state index is 15.0. The number of nitrogens with one attached hydrogen (secondary N) is 3. The zero-order valence-corrected chi connectivity index (χ0v) is 22.5. The van der Waals surface area contributed by atoms with E-state index < -0.39 is 36.2 Å². The summed E-state index contributed by atoms with van der Waals surface area (Å²) in [6, 6.07) is 3.77. The van der Waals surface area contributed by atoms with Gasteiger partial charge in [-0.2, -0.15) is 0 Å². The van der Waals surface area contributed by atoms with Gasteiger partial charge in [-0.05, 0) is 87.8 Å². The molecule has 10 atom stereocenters. The van der Waals surface area contributed by atoms with Crippen LogP contribution in [0.1, 0.15) is 74.6 Å². The lowest BCUT2D eigenvalue weighted by atomic mass is 9.68. The fraction of sp³-hybridized carbons (Fsp3) is 0.700. The topological polar surface area (TPSA) is 87.3 Å². The number of hydrogen-bond donors (Lipinski definition) is 3. The van der Waals surface area contributed by atoms with E-state index in [0.29, 0.717) is 18.1 Å². The van der Waals surface area contributed by atoms with Crippen LogP contribution in [-0.4, -0.2) is 55.1 Å². The molecule has 0 spiro atoms. The number of amides is 2. The van der Waals surface area contributed by atoms with Crippen LogP contribution in [-0.2, 0) is 9.59 Å². The number of ketones is 1. The fourth-order valence-corrected chi connectivity index (χ4v) is 7.80. The van der Waals surface area contributed by atoms with Gasteiger partial charge in [0.1, 0.15) is 23.9 Å². The number of rotatable bonds is 5. The van der Waals surface area contributed by atoms with Gasteiger partial charge in [0, 0.05) is 48.9 Å². The van der Waals surface area contributed by atoms with E-state index in [1.807, 2.05) is 0 Å². The Labute approximate surface area is 228 Å². The van der Waals surface area contributed by atoms with Gasteiger partial charge >= 0.3 is 0 Å². The number of carbonyl (C=O) groups is 3. The lowest BCUT2D eigenvalue weighted by Gasteiger charge is -2.41. The third-order valence-electron chi connectivity index (χ3n) is 9.92. The summed E-state index contributed by atoms with van der Waals surface area (Å²) in [7, 11) is 1.65. The van der Waals surface area contributed by atoms with Gasteiger partial charge in [0.05, 0.1) is 6.04 Å². The highest BCUT2D eigenvalue weighted by Gasteiger charge is 2.47. The van der Waals surface area contributed by atoms with Gasteiger partial charge in [-0.1, -0.05) is 6.07 Å². The summed E-state index contributed by atoms with van der Waals surface area (Å²) < 4.78 is 43.2. The first-order valence-electron chi connectivity index (χ1n) is 14.6. The summed E-state index contributed by atoms with van der Waals surface area (Å²) in [6.07, 6.45) is 3.50. The van der Waals surface area contributed by atoms with Gasteiger partial charge in [0.15, 0.2) is 0 Å². The van der Waals surface area contributed by atoms with Gasteiger partial charge in [-0.3, -0.25) is 14.4 Å². The van der Waals surface area contributed by atoms with Crippen LogP contribution in [0.25, 0.3) is 0 Å². The van der Waals surface area contributed by atoms with Crippen LogP contribution in [0.5, 0.6) is 0 Å². The van der Waals surface area contributed by atoms with Crippen molar-refractivity contribution in [2.45, 2.75) is 94.7 Å². The Bertz CT molecular complexity index is 1070. The molecule has 10 unspecified atom stereocenters. The molecule has 1 aromatic carbocycles. The molecule has 0 radical (unpaired) electrons. The molecule has 3 N–H and O–H groups in total. The maximum Gasteiger partial charge on any atom is 0.251 e. The molecular weight excluding hydrogens is 507 g/mol. The van der Waals surface area contributed by atoms with Gasteiger partial charge in [-0.25, -0.2) is 13.2 Å². The minimum absolute atomic E-state index is 0.0115. The minimum atomic E-state index is -1.52. The quantitative estimate of drug-likeness (QED) is 0.514. The second-order valence-electron chi connectivity index (χ2n) is 12.2. The molecule has 0 bridgehead atoms. The lowest BCUT2D eigenvalue weighted by molar-refractivity contribution is -0.134. The van der Waals surface area contributed by atoms with Crippen LogP contribution < -0.4 is 16.0 Å². The first kappa shape index (κ1) is 28.1. The molecule has 4 fully saturated rings. The number of hydrogen-bond acceptors (Lipinski definition) is 4. The Hall–Kier alpha value is -2.42. The molecule has 39 heavy (non-hydrogen) atoms. The monoisotopic (exact) mass is 547 g/mol. The summed E-state index contributed by atoms with van der Waals surface area (Å²) in [5.41, 5.74) is 0.104. The first-order valence-corrected chi connectivity index (χ1v) is 14.6. The van der Waals surface area contributed by atoms with Crippen molar-refractivity contribution >= 4 is 17.6 Å². The van der Waals surface area contributed by atoms with Crippen molar-refractivity contribution in [2.75, 3.05) is 7.05 Å². The van der Waals surface area contributed by atoms with Crippen LogP contribution >= 0.6 is 0 Å². The predicted octanol–water partition coefficient (Wildman–Crippen LogP) is 4.28. The highest BCUT2D eigenvalue weighted by Crippen LogP contribution is 2.47. The van der Waals surface area contributed by atoms with E-state index in [-0.39, 0.29) is 54.0 Å². The Morgan fingerprint density at radius 1 is 0.846 bits per heavy atom. The van der Waals surface area contributed by atoms with E-state index in [1.165, 1.54) is 18.2 Å². The molecule has 4 aliphatic carbocycles. The van der Waals surface area contributed by atoms with Gasteiger partial charge < -0.3 is 16.0 Å². The van der Waals surface area contributed by atoms with Gasteiger partial charge in [0.25, 0.3) is 5.91 Å². The minimum Gasteiger partial charge on any atom is -0.359 e. The van der Waals surface area contributed by atoms with E-state index in [2.05, 4.69) is 16.0 Å². The molecule has 4 saturated carbocycles. The molecule has 0 heterocycles. The third-order valence-corrected chi connectivity index (χ3v) is 9.92. The molecule has 6 nitrogen and oxygen atoms in total. The second kappa shape index (κ2) is 12.0. The highest BCUT2D eigenvalue weighted by molar-refractivity contribution is 5.94. The van der Waals surface area contributed by atoms with Crippen molar-refractivity contribution < 1.29 is 27.6 Å². The number of fused-ring (bicyclic) bond motifs is 2. The second-order valence-corrected chi connectivity index (χ2v) is 12.2. The lowest BCUT2D eigenvalue weighted by Crippen LogP contribution is -2.57. The van der Waals surface area contributed by atoms with Crippen molar-refractivity contribution in [2.24, 2.45) is 29.6 Å². The number of benzene rings is 1. The Morgan fingerprint density at radius 2 is 1.59 bits per heavy atom. The van der Waals surface area contributed by atoms with Crippen molar-refractivity contribution in [1.82, 2.24) is 16.0 Å². The Balaban J connectivity index is 1.19. The average molecular weight is 548 g/mol. The zero-order chi connectivity index (χ0) is 27.7. The van der Waals surface area contributed by atoms with Crippen molar-refractivity contribution in [1.29, 1.82) is 0 Å². The van der Waals surface area contributed by atoms with Crippen molar-refractivity contribution in [3.05, 3.63) is 35.6 Å². The van der Waals surface area contributed by atoms with Crippen LogP contribution in [0.4, 0.5) is 13.2 Å². The van der Waals surface area contributed by atoms with Crippen molar-refractivity contribution in [3.63, 3.8) is 0 Å². The molecule has 0 aliphatic heterocycles. The molecule has 4 aliphatic rings. The van der Waals surface area contributed by atoms with Crippen molar-refractivity contribution in [3.8, 4) is 0 Å². The normalized spacial score (nSPS) is 38.6. The molecule has 214 valence electrons. The standard InChI is InChI=1S/C30H40F3N3O3/c1-34-29(38)19-8-6-16-5-7-17-12-21(9-10-22(17)28(37)23(16)13-19)35-26-15-27(25(33)14-24(26)32)36-30(39)18-3-2-4-20(31)11-18/h2-4,11,16-17,19,21-27,35H,5-10,12-15H2,1H3,(H,34,38)(H,36,39). The first-order chi connectivity index (χ1) is 18.7. The average Bonchev–Trinajstić information content (AvgIpc) is 3.06. The van der Waals surface area contributed by atoms with E-state index in [4.69, 9.17) is 0 Å². The van der Waals surface area contributed by atoms with Crippen LogP contribution in [0.15, 0.2) is 24.3 Å². The molecule has 5 rings (SSSR count). The molecule has 2 amide bonds. The van der Waals surface area contributed by atoms with Crippen LogP contribution in [0.2, 0.25) is 0 Å². The molecular formula is C30H40F3N3O3. The third kappa shape index (κ3) is 6.18. The highest BCUT2D eigenvalue weighted by atomic mass is 19.1. The molecule has 9 heteroatoms. The van der Waals surface area contributed by atoms with E-state index >= 15 is 0 Å². The van der Waals surface area contributed by atoms with Gasteiger partial charge in [-0.15, -0.1) is 0 Å². The fourth-order valence-electron chi connectivity index (χ4n) is 7.80. The summed E-state index contributed by atoms with van der Waals surface area (Å²) in [6.45, 7) is 0. The molecule has 0 saturated heterocycles. The van der Waals surface area contributed by atoms with E-state index in [0.717, 1.165) is 51.0 Å². The Kier molecular flexibility index (Phi) is 8.64. The van der Waals surface area contributed by atoms with E-state index in [9.17, 15) is 27.6 Å². The predicted molar refractivity (Wildman–Crippen MR) is 141 cm³/mol. The summed E-state index contributed by atoms with van der Waals surface area (Å²) in [5, 5.41) is 8.81. The summed E-state index contributed by atoms with van der Waals surface area (Å²) in [4.78, 5) is 38.4. The SMILES string of the molecule is CNC(=O)C1CCC2CCC3CC(NC4CC(NC(=O)c5cccc(F)c5)C(F)CC4F)CCC3C(=O)C2C1. The van der Waals surface area contributed by atoms with Crippen LogP contribution in [0.3, 0.4) is 0 Å². The zero-order valence-electron chi connectivity index (χ0n) is 22.5. The smallest absolute Gasteiger partial charge is 0.251 e. The number of carbonyl (C=O) groups excluding carboxylic acids is 3.